The second kappa shape index (κ2) is 12.5. The van der Waals surface area contributed by atoms with Gasteiger partial charge in [0.15, 0.2) is 17.0 Å². The van der Waals surface area contributed by atoms with Crippen LogP contribution in [0.25, 0.3) is 22.3 Å². The van der Waals surface area contributed by atoms with Crippen LogP contribution in [0, 0.1) is 0 Å². The van der Waals surface area contributed by atoms with E-state index in [-0.39, 0.29) is 6.04 Å². The lowest BCUT2D eigenvalue weighted by Gasteiger charge is -2.21. The van der Waals surface area contributed by atoms with E-state index in [1.165, 1.54) is 16.7 Å². The Morgan fingerprint density at radius 2 is 1.53 bits per heavy atom. The van der Waals surface area contributed by atoms with Crippen LogP contribution in [0.15, 0.2) is 60.9 Å². The minimum atomic E-state index is 0.265. The summed E-state index contributed by atoms with van der Waals surface area (Å²) in [5.74, 6) is 1.40. The molecule has 0 saturated heterocycles. The molecule has 2 heterocycles. The molecule has 0 atom stereocenters. The van der Waals surface area contributed by atoms with Gasteiger partial charge in [-0.15, -0.1) is 0 Å². The van der Waals surface area contributed by atoms with E-state index < -0.39 is 0 Å². The number of hydrogen-bond acceptors (Lipinski definition) is 6. The van der Waals surface area contributed by atoms with Crippen molar-refractivity contribution in [2.45, 2.75) is 53.1 Å². The molecule has 2 N–H and O–H groups in total. The summed E-state index contributed by atoms with van der Waals surface area (Å²) in [5.41, 5.74) is 5.28. The van der Waals surface area contributed by atoms with Crippen molar-refractivity contribution in [3.63, 3.8) is 0 Å². The Kier molecular flexibility index (Phi) is 8.90. The fraction of sp³-hybridized carbons (Fsp3) is 0.414. The van der Waals surface area contributed by atoms with Gasteiger partial charge in [0.2, 0.25) is 5.95 Å². The lowest BCUT2D eigenvalue weighted by Crippen LogP contribution is -2.31. The van der Waals surface area contributed by atoms with Crippen LogP contribution in [0.1, 0.15) is 52.1 Å². The summed E-state index contributed by atoms with van der Waals surface area (Å²) in [4.78, 5) is 16.8. The first-order chi connectivity index (χ1) is 17.6. The highest BCUT2D eigenvalue weighted by Gasteiger charge is 2.15. The van der Waals surface area contributed by atoms with Crippen LogP contribution in [-0.4, -0.2) is 50.6 Å². The van der Waals surface area contributed by atoms with Crippen LogP contribution in [-0.2, 0) is 6.54 Å². The van der Waals surface area contributed by atoms with Crippen molar-refractivity contribution in [2.75, 3.05) is 36.8 Å². The van der Waals surface area contributed by atoms with E-state index >= 15 is 0 Å². The third-order valence-corrected chi connectivity index (χ3v) is 6.29. The molecule has 0 aliphatic carbocycles. The largest absolute Gasteiger partial charge is 0.364 e. The molecule has 36 heavy (non-hydrogen) atoms. The standard InChI is InChI=1S/C29H39N7/c1-5-17-35(18-6-2)19-16-30-29-33-27(26-28(34-29)36(21-32-26)22(3)4)31-20-23-12-14-25(15-13-23)24-10-8-7-9-11-24/h7-15,21-22H,5-6,16-20H2,1-4H3,(H2,30,31,33,34). The van der Waals surface area contributed by atoms with E-state index in [1.54, 1.807) is 0 Å². The lowest BCUT2D eigenvalue weighted by atomic mass is 10.0. The van der Waals surface area contributed by atoms with Crippen molar-refractivity contribution in [2.24, 2.45) is 0 Å². The van der Waals surface area contributed by atoms with E-state index in [9.17, 15) is 0 Å². The second-order valence-corrected chi connectivity index (χ2v) is 9.50. The Bertz CT molecular complexity index is 1210. The summed E-state index contributed by atoms with van der Waals surface area (Å²) < 4.78 is 2.10. The van der Waals surface area contributed by atoms with E-state index in [1.807, 2.05) is 12.4 Å². The molecule has 0 unspecified atom stereocenters. The molecule has 0 bridgehead atoms. The minimum Gasteiger partial charge on any atom is -0.364 e. The Balaban J connectivity index is 1.50. The van der Waals surface area contributed by atoms with E-state index in [0.29, 0.717) is 12.5 Å². The van der Waals surface area contributed by atoms with E-state index in [0.717, 1.165) is 56.0 Å². The fourth-order valence-corrected chi connectivity index (χ4v) is 4.42. The molecule has 7 heteroatoms. The van der Waals surface area contributed by atoms with Crippen molar-refractivity contribution in [3.05, 3.63) is 66.5 Å². The number of fused-ring (bicyclic) bond motifs is 1. The molecule has 2 aromatic heterocycles. The Morgan fingerprint density at radius 3 is 2.19 bits per heavy atom. The molecular formula is C29H39N7. The zero-order valence-electron chi connectivity index (χ0n) is 22.0. The summed E-state index contributed by atoms with van der Waals surface area (Å²) in [5, 5.41) is 6.98. The van der Waals surface area contributed by atoms with Gasteiger partial charge in [-0.05, 0) is 56.5 Å². The monoisotopic (exact) mass is 485 g/mol. The predicted molar refractivity (Wildman–Crippen MR) is 150 cm³/mol. The van der Waals surface area contributed by atoms with Gasteiger partial charge in [0.05, 0.1) is 6.33 Å². The van der Waals surface area contributed by atoms with E-state index in [2.05, 4.69) is 101 Å². The predicted octanol–water partition coefficient (Wildman–Crippen LogP) is 6.22. The van der Waals surface area contributed by atoms with E-state index in [4.69, 9.17) is 9.97 Å². The molecule has 0 spiro atoms. The molecule has 4 rings (SSSR count). The Hall–Kier alpha value is -3.45. The van der Waals surface area contributed by atoms with Crippen molar-refractivity contribution >= 4 is 22.9 Å². The highest BCUT2D eigenvalue weighted by Crippen LogP contribution is 2.24. The summed E-state index contributed by atoms with van der Waals surface area (Å²) >= 11 is 0. The maximum atomic E-state index is 4.83. The van der Waals surface area contributed by atoms with Gasteiger partial charge < -0.3 is 20.1 Å². The normalized spacial score (nSPS) is 11.5. The van der Waals surface area contributed by atoms with Gasteiger partial charge >= 0.3 is 0 Å². The molecular weight excluding hydrogens is 446 g/mol. The summed E-state index contributed by atoms with van der Waals surface area (Å²) in [7, 11) is 0. The van der Waals surface area contributed by atoms with Crippen LogP contribution in [0.4, 0.5) is 11.8 Å². The molecule has 0 fully saturated rings. The topological polar surface area (TPSA) is 70.9 Å². The van der Waals surface area contributed by atoms with Crippen molar-refractivity contribution < 1.29 is 0 Å². The highest BCUT2D eigenvalue weighted by molar-refractivity contribution is 5.84. The van der Waals surface area contributed by atoms with Gasteiger partial charge in [0.25, 0.3) is 0 Å². The number of aromatic nitrogens is 4. The third-order valence-electron chi connectivity index (χ3n) is 6.29. The van der Waals surface area contributed by atoms with Crippen LogP contribution >= 0.6 is 0 Å². The van der Waals surface area contributed by atoms with Crippen LogP contribution < -0.4 is 10.6 Å². The maximum Gasteiger partial charge on any atom is 0.226 e. The second-order valence-electron chi connectivity index (χ2n) is 9.50. The molecule has 0 aliphatic rings. The number of hydrogen-bond donors (Lipinski definition) is 2. The van der Waals surface area contributed by atoms with Gasteiger partial charge in [-0.1, -0.05) is 68.4 Å². The molecule has 4 aromatic rings. The average Bonchev–Trinajstić information content (AvgIpc) is 3.33. The fourth-order valence-electron chi connectivity index (χ4n) is 4.42. The Morgan fingerprint density at radius 1 is 0.833 bits per heavy atom. The number of nitrogens with one attached hydrogen (secondary N) is 2. The molecule has 0 radical (unpaired) electrons. The average molecular weight is 486 g/mol. The first kappa shape index (κ1) is 25.6. The molecule has 2 aromatic carbocycles. The SMILES string of the molecule is CCCN(CCC)CCNc1nc(NCc2ccc(-c3ccccc3)cc2)c2ncn(C(C)C)c2n1. The quantitative estimate of drug-likeness (QED) is 0.234. The highest BCUT2D eigenvalue weighted by atomic mass is 15.2. The van der Waals surface area contributed by atoms with Crippen molar-refractivity contribution in [1.29, 1.82) is 0 Å². The van der Waals surface area contributed by atoms with Gasteiger partial charge in [-0.3, -0.25) is 0 Å². The molecule has 190 valence electrons. The van der Waals surface area contributed by atoms with Crippen LogP contribution in [0.3, 0.4) is 0 Å². The van der Waals surface area contributed by atoms with Gasteiger partial charge in [-0.25, -0.2) is 4.98 Å². The molecule has 0 amide bonds. The zero-order valence-corrected chi connectivity index (χ0v) is 22.0. The van der Waals surface area contributed by atoms with Crippen LogP contribution in [0.5, 0.6) is 0 Å². The number of benzene rings is 2. The summed E-state index contributed by atoms with van der Waals surface area (Å²) in [6.07, 6.45) is 4.19. The molecule has 0 saturated carbocycles. The first-order valence-electron chi connectivity index (χ1n) is 13.2. The number of anilines is 2. The molecule has 0 aliphatic heterocycles. The first-order valence-corrected chi connectivity index (χ1v) is 13.2. The summed E-state index contributed by atoms with van der Waals surface area (Å²) in [6, 6.07) is 19.4. The van der Waals surface area contributed by atoms with Crippen molar-refractivity contribution in [3.8, 4) is 11.1 Å². The number of nitrogens with zero attached hydrogens (tertiary/aromatic N) is 5. The Labute approximate surface area is 215 Å². The minimum absolute atomic E-state index is 0.265. The zero-order chi connectivity index (χ0) is 25.3. The third kappa shape index (κ3) is 6.40. The smallest absolute Gasteiger partial charge is 0.226 e. The van der Waals surface area contributed by atoms with Crippen molar-refractivity contribution in [1.82, 2.24) is 24.4 Å². The maximum absolute atomic E-state index is 4.83. The lowest BCUT2D eigenvalue weighted by molar-refractivity contribution is 0.285. The van der Waals surface area contributed by atoms with Gasteiger partial charge in [-0.2, -0.15) is 9.97 Å². The summed E-state index contributed by atoms with van der Waals surface area (Å²) in [6.45, 7) is 13.4. The van der Waals surface area contributed by atoms with Crippen LogP contribution in [0.2, 0.25) is 0 Å². The number of imidazole rings is 1. The number of rotatable bonds is 13. The molecule has 7 nitrogen and oxygen atoms in total. The van der Waals surface area contributed by atoms with Gasteiger partial charge in [0, 0.05) is 25.7 Å². The van der Waals surface area contributed by atoms with Gasteiger partial charge in [0.1, 0.15) is 0 Å².